The van der Waals surface area contributed by atoms with Crippen LogP contribution in [0.4, 0.5) is 0 Å². The first-order valence-electron chi connectivity index (χ1n) is 9.25. The highest BCUT2D eigenvalue weighted by Crippen LogP contribution is 2.28. The zero-order valence-corrected chi connectivity index (χ0v) is 16.4. The number of nitrogens with zero attached hydrogens (tertiary/aromatic N) is 3. The molecule has 1 aromatic heterocycles. The summed E-state index contributed by atoms with van der Waals surface area (Å²) < 4.78 is 15.9. The highest BCUT2D eigenvalue weighted by atomic mass is 16.5. The van der Waals surface area contributed by atoms with Crippen LogP contribution in [-0.4, -0.2) is 61.3 Å². The van der Waals surface area contributed by atoms with E-state index in [1.807, 2.05) is 30.0 Å². The Hall–Kier alpha value is -2.54. The van der Waals surface area contributed by atoms with Gasteiger partial charge in [-0.2, -0.15) is 0 Å². The molecule has 7 heteroatoms. The Labute approximate surface area is 159 Å². The van der Waals surface area contributed by atoms with Gasteiger partial charge in [-0.05, 0) is 31.0 Å². The van der Waals surface area contributed by atoms with Crippen LogP contribution in [0.5, 0.6) is 11.5 Å². The molecule has 3 rings (SSSR count). The fourth-order valence-corrected chi connectivity index (χ4v) is 3.44. The Morgan fingerprint density at radius 2 is 1.85 bits per heavy atom. The standard InChI is InChI=1S/C20H27N3O4/c1-5-16-19(14(2)27-21-16)20(24)23-10-8-22(9-11-23)13-15-6-7-17(25-3)18(12-15)26-4/h6-7,12H,5,8-11,13H2,1-4H3. The number of ether oxygens (including phenoxy) is 2. The first-order valence-corrected chi connectivity index (χ1v) is 9.25. The lowest BCUT2D eigenvalue weighted by Gasteiger charge is -2.34. The fraction of sp³-hybridized carbons (Fsp3) is 0.500. The van der Waals surface area contributed by atoms with Crippen molar-refractivity contribution in [1.82, 2.24) is 15.0 Å². The molecule has 1 fully saturated rings. The number of piperazine rings is 1. The quantitative estimate of drug-likeness (QED) is 0.775. The van der Waals surface area contributed by atoms with Crippen LogP contribution in [0.3, 0.4) is 0 Å². The minimum Gasteiger partial charge on any atom is -0.493 e. The van der Waals surface area contributed by atoms with E-state index in [0.717, 1.165) is 42.4 Å². The van der Waals surface area contributed by atoms with E-state index < -0.39 is 0 Å². The van der Waals surface area contributed by atoms with Crippen molar-refractivity contribution in [3.63, 3.8) is 0 Å². The second-order valence-electron chi connectivity index (χ2n) is 6.67. The van der Waals surface area contributed by atoms with Crippen LogP contribution < -0.4 is 9.47 Å². The van der Waals surface area contributed by atoms with Gasteiger partial charge in [-0.3, -0.25) is 9.69 Å². The zero-order valence-electron chi connectivity index (χ0n) is 16.4. The molecule has 0 saturated carbocycles. The lowest BCUT2D eigenvalue weighted by Crippen LogP contribution is -2.48. The van der Waals surface area contributed by atoms with E-state index in [1.54, 1.807) is 21.1 Å². The summed E-state index contributed by atoms with van der Waals surface area (Å²) in [5.74, 6) is 2.09. The van der Waals surface area contributed by atoms with Gasteiger partial charge in [-0.1, -0.05) is 18.1 Å². The zero-order chi connectivity index (χ0) is 19.4. The van der Waals surface area contributed by atoms with Crippen LogP contribution in [0, 0.1) is 6.92 Å². The van der Waals surface area contributed by atoms with Crippen LogP contribution in [0.15, 0.2) is 22.7 Å². The molecule has 0 N–H and O–H groups in total. The highest BCUT2D eigenvalue weighted by molar-refractivity contribution is 5.96. The lowest BCUT2D eigenvalue weighted by molar-refractivity contribution is 0.0626. The number of carbonyl (C=O) groups excluding carboxylic acids is 1. The average Bonchev–Trinajstić information content (AvgIpc) is 3.08. The van der Waals surface area contributed by atoms with Crippen LogP contribution in [0.25, 0.3) is 0 Å². The van der Waals surface area contributed by atoms with Crippen molar-refractivity contribution in [1.29, 1.82) is 0 Å². The third-order valence-corrected chi connectivity index (χ3v) is 5.00. The number of rotatable bonds is 6. The molecular formula is C20H27N3O4. The summed E-state index contributed by atoms with van der Waals surface area (Å²) in [5, 5.41) is 4.00. The van der Waals surface area contributed by atoms with Gasteiger partial charge in [0.25, 0.3) is 5.91 Å². The molecule has 1 aromatic carbocycles. The summed E-state index contributed by atoms with van der Waals surface area (Å²) in [7, 11) is 3.28. The predicted octanol–water partition coefficient (Wildman–Crippen LogP) is 2.52. The summed E-state index contributed by atoms with van der Waals surface area (Å²) in [6.45, 7) is 7.63. The van der Waals surface area contributed by atoms with E-state index in [4.69, 9.17) is 14.0 Å². The molecule has 1 saturated heterocycles. The van der Waals surface area contributed by atoms with Gasteiger partial charge in [0.15, 0.2) is 11.5 Å². The van der Waals surface area contributed by atoms with E-state index in [9.17, 15) is 4.79 Å². The third-order valence-electron chi connectivity index (χ3n) is 5.00. The first kappa shape index (κ1) is 19.2. The topological polar surface area (TPSA) is 68.0 Å². The molecule has 2 aromatic rings. The van der Waals surface area contributed by atoms with Gasteiger partial charge < -0.3 is 18.9 Å². The van der Waals surface area contributed by atoms with Crippen molar-refractivity contribution in [2.75, 3.05) is 40.4 Å². The molecule has 0 bridgehead atoms. The maximum atomic E-state index is 12.9. The van der Waals surface area contributed by atoms with Crippen LogP contribution in [0.2, 0.25) is 0 Å². The second-order valence-corrected chi connectivity index (χ2v) is 6.67. The van der Waals surface area contributed by atoms with Gasteiger partial charge in [0.1, 0.15) is 11.3 Å². The monoisotopic (exact) mass is 373 g/mol. The molecule has 1 aliphatic heterocycles. The predicted molar refractivity (Wildman–Crippen MR) is 101 cm³/mol. The fourth-order valence-electron chi connectivity index (χ4n) is 3.44. The van der Waals surface area contributed by atoms with Gasteiger partial charge >= 0.3 is 0 Å². The van der Waals surface area contributed by atoms with Gasteiger partial charge in [-0.15, -0.1) is 0 Å². The Balaban J connectivity index is 1.60. The van der Waals surface area contributed by atoms with Crippen molar-refractivity contribution in [3.05, 3.63) is 40.8 Å². The second kappa shape index (κ2) is 8.43. The summed E-state index contributed by atoms with van der Waals surface area (Å²) in [4.78, 5) is 17.1. The normalized spacial score (nSPS) is 15.0. The summed E-state index contributed by atoms with van der Waals surface area (Å²) >= 11 is 0. The van der Waals surface area contributed by atoms with Crippen molar-refractivity contribution >= 4 is 5.91 Å². The molecule has 1 aliphatic rings. The maximum absolute atomic E-state index is 12.9. The van der Waals surface area contributed by atoms with E-state index in [1.165, 1.54) is 0 Å². The first-order chi connectivity index (χ1) is 13.1. The molecule has 0 radical (unpaired) electrons. The van der Waals surface area contributed by atoms with Gasteiger partial charge in [0.2, 0.25) is 0 Å². The number of hydrogen-bond donors (Lipinski definition) is 0. The van der Waals surface area contributed by atoms with E-state index >= 15 is 0 Å². The van der Waals surface area contributed by atoms with E-state index in [0.29, 0.717) is 30.8 Å². The number of amides is 1. The number of aromatic nitrogens is 1. The minimum atomic E-state index is 0.0244. The smallest absolute Gasteiger partial charge is 0.259 e. The molecule has 0 spiro atoms. The number of benzene rings is 1. The Bertz CT molecular complexity index is 795. The van der Waals surface area contributed by atoms with Crippen molar-refractivity contribution in [3.8, 4) is 11.5 Å². The molecule has 0 unspecified atom stereocenters. The van der Waals surface area contributed by atoms with Crippen LogP contribution in [0.1, 0.15) is 34.3 Å². The van der Waals surface area contributed by atoms with Crippen LogP contribution >= 0.6 is 0 Å². The van der Waals surface area contributed by atoms with Gasteiger partial charge in [0.05, 0.1) is 19.9 Å². The molecule has 27 heavy (non-hydrogen) atoms. The largest absolute Gasteiger partial charge is 0.493 e. The molecule has 0 atom stereocenters. The van der Waals surface area contributed by atoms with E-state index in [2.05, 4.69) is 10.1 Å². The van der Waals surface area contributed by atoms with Gasteiger partial charge in [-0.25, -0.2) is 0 Å². The molecule has 7 nitrogen and oxygen atoms in total. The van der Waals surface area contributed by atoms with Gasteiger partial charge in [0, 0.05) is 32.7 Å². The third kappa shape index (κ3) is 4.08. The Morgan fingerprint density at radius 3 is 2.48 bits per heavy atom. The highest BCUT2D eigenvalue weighted by Gasteiger charge is 2.27. The number of methoxy groups -OCH3 is 2. The molecule has 1 amide bonds. The number of carbonyl (C=O) groups is 1. The van der Waals surface area contributed by atoms with E-state index in [-0.39, 0.29) is 5.91 Å². The van der Waals surface area contributed by atoms with Crippen LogP contribution in [-0.2, 0) is 13.0 Å². The number of aryl methyl sites for hydroxylation is 2. The molecule has 2 heterocycles. The molecular weight excluding hydrogens is 346 g/mol. The number of hydrogen-bond acceptors (Lipinski definition) is 6. The Morgan fingerprint density at radius 1 is 1.15 bits per heavy atom. The summed E-state index contributed by atoms with van der Waals surface area (Å²) in [5.41, 5.74) is 2.53. The summed E-state index contributed by atoms with van der Waals surface area (Å²) in [6, 6.07) is 5.98. The van der Waals surface area contributed by atoms with Crippen molar-refractivity contribution in [2.45, 2.75) is 26.8 Å². The lowest BCUT2D eigenvalue weighted by atomic mass is 10.1. The molecule has 0 aliphatic carbocycles. The maximum Gasteiger partial charge on any atom is 0.259 e. The SMILES string of the molecule is CCc1noc(C)c1C(=O)N1CCN(Cc2ccc(OC)c(OC)c2)CC1. The molecule has 146 valence electrons. The van der Waals surface area contributed by atoms with Crippen molar-refractivity contribution < 1.29 is 18.8 Å². The Kier molecular flexibility index (Phi) is 6.01. The van der Waals surface area contributed by atoms with Crippen molar-refractivity contribution in [2.24, 2.45) is 0 Å². The average molecular weight is 373 g/mol. The summed E-state index contributed by atoms with van der Waals surface area (Å²) in [6.07, 6.45) is 0.692. The minimum absolute atomic E-state index is 0.0244.